The monoisotopic (exact) mass is 392 g/mol. The summed E-state index contributed by atoms with van der Waals surface area (Å²) in [6.45, 7) is 2.19. The highest BCUT2D eigenvalue weighted by Gasteiger charge is 2.13. The third-order valence-electron chi connectivity index (χ3n) is 4.60. The van der Waals surface area contributed by atoms with Gasteiger partial charge in [-0.1, -0.05) is 30.3 Å². The Labute approximate surface area is 160 Å². The molecule has 2 aromatic carbocycles. The number of rotatable bonds is 1. The third kappa shape index (κ3) is 2.09. The average Bonchev–Trinajstić information content (AvgIpc) is 3.32. The summed E-state index contributed by atoms with van der Waals surface area (Å²) < 4.78 is 8.50. The van der Waals surface area contributed by atoms with Crippen molar-refractivity contribution in [3.63, 3.8) is 0 Å². The standard InChI is InChI=1S/C21H12S4/c1-11-8-18-19(22-11)10-16(23-18)12-6-7-14-17(9-12)25-20-13-4-2-3-5-15(13)24-21(14)20/h2-10H,1H3. The zero-order valence-corrected chi connectivity index (χ0v) is 16.6. The van der Waals surface area contributed by atoms with E-state index >= 15 is 0 Å². The molecule has 0 radical (unpaired) electrons. The van der Waals surface area contributed by atoms with Crippen molar-refractivity contribution in [2.45, 2.75) is 6.92 Å². The molecule has 0 amide bonds. The summed E-state index contributed by atoms with van der Waals surface area (Å²) in [4.78, 5) is 2.78. The Bertz CT molecular complexity index is 1370. The van der Waals surface area contributed by atoms with Crippen LogP contribution in [0.4, 0.5) is 0 Å². The maximum Gasteiger partial charge on any atom is 0.0542 e. The highest BCUT2D eigenvalue weighted by atomic mass is 32.1. The highest BCUT2D eigenvalue weighted by Crippen LogP contribution is 2.46. The smallest absolute Gasteiger partial charge is 0.0542 e. The fraction of sp³-hybridized carbons (Fsp3) is 0.0476. The summed E-state index contributed by atoms with van der Waals surface area (Å²) in [7, 11) is 0. The Morgan fingerprint density at radius 2 is 1.36 bits per heavy atom. The van der Waals surface area contributed by atoms with Crippen molar-refractivity contribution in [1.29, 1.82) is 0 Å². The summed E-state index contributed by atoms with van der Waals surface area (Å²) in [5.41, 5.74) is 1.34. The molecule has 0 spiro atoms. The number of aryl methyl sites for hydroxylation is 1. The molecule has 4 heteroatoms. The van der Waals surface area contributed by atoms with Gasteiger partial charge in [0.05, 0.1) is 9.40 Å². The van der Waals surface area contributed by atoms with Crippen LogP contribution in [0.3, 0.4) is 0 Å². The Balaban J connectivity index is 1.59. The van der Waals surface area contributed by atoms with Gasteiger partial charge in [-0.15, -0.1) is 45.3 Å². The summed E-state index contributed by atoms with van der Waals surface area (Å²) in [5.74, 6) is 0. The summed E-state index contributed by atoms with van der Waals surface area (Å²) in [6, 6.07) is 20.4. The number of thiophene rings is 4. The van der Waals surface area contributed by atoms with Crippen LogP contribution >= 0.6 is 45.3 Å². The van der Waals surface area contributed by atoms with Crippen molar-refractivity contribution in [2.75, 3.05) is 0 Å². The predicted octanol–water partition coefficient (Wildman–Crippen LogP) is 8.52. The van der Waals surface area contributed by atoms with Crippen LogP contribution in [0.5, 0.6) is 0 Å². The topological polar surface area (TPSA) is 0 Å². The molecule has 0 unspecified atom stereocenters. The Morgan fingerprint density at radius 1 is 0.600 bits per heavy atom. The molecule has 0 aliphatic heterocycles. The van der Waals surface area contributed by atoms with E-state index in [1.165, 1.54) is 54.3 Å². The van der Waals surface area contributed by atoms with Gasteiger partial charge >= 0.3 is 0 Å². The van der Waals surface area contributed by atoms with E-state index in [0.29, 0.717) is 0 Å². The van der Waals surface area contributed by atoms with E-state index in [1.54, 1.807) is 0 Å². The van der Waals surface area contributed by atoms with Gasteiger partial charge in [-0.2, -0.15) is 0 Å². The molecule has 6 aromatic rings. The van der Waals surface area contributed by atoms with Crippen molar-refractivity contribution in [3.05, 3.63) is 59.5 Å². The normalized spacial score (nSPS) is 12.2. The number of benzene rings is 2. The zero-order chi connectivity index (χ0) is 16.5. The molecule has 0 nitrogen and oxygen atoms in total. The van der Waals surface area contributed by atoms with Gasteiger partial charge in [0.1, 0.15) is 0 Å². The maximum absolute atomic E-state index is 2.38. The van der Waals surface area contributed by atoms with Crippen LogP contribution in [0.2, 0.25) is 0 Å². The summed E-state index contributed by atoms with van der Waals surface area (Å²) >= 11 is 7.66. The van der Waals surface area contributed by atoms with Gasteiger partial charge in [0.15, 0.2) is 0 Å². The van der Waals surface area contributed by atoms with Crippen molar-refractivity contribution in [1.82, 2.24) is 0 Å². The first-order valence-electron chi connectivity index (χ1n) is 8.10. The molecule has 0 N–H and O–H groups in total. The van der Waals surface area contributed by atoms with E-state index in [9.17, 15) is 0 Å². The second-order valence-electron chi connectivity index (χ2n) is 6.27. The molecule has 0 bridgehead atoms. The minimum atomic E-state index is 1.34. The van der Waals surface area contributed by atoms with Gasteiger partial charge in [-0.05, 0) is 36.8 Å². The van der Waals surface area contributed by atoms with Gasteiger partial charge in [0.2, 0.25) is 0 Å². The molecule has 25 heavy (non-hydrogen) atoms. The van der Waals surface area contributed by atoms with Crippen LogP contribution in [0.1, 0.15) is 4.88 Å². The first-order valence-corrected chi connectivity index (χ1v) is 11.4. The molecule has 0 atom stereocenters. The van der Waals surface area contributed by atoms with E-state index < -0.39 is 0 Å². The molecule has 4 aromatic heterocycles. The SMILES string of the molecule is Cc1cc2sc(-c3ccc4c(c3)sc3c5ccccc5sc43)cc2s1. The second-order valence-corrected chi connectivity index (χ2v) is 10.7. The van der Waals surface area contributed by atoms with Gasteiger partial charge in [-0.25, -0.2) is 0 Å². The molecular weight excluding hydrogens is 380 g/mol. The number of hydrogen-bond acceptors (Lipinski definition) is 4. The quantitative estimate of drug-likeness (QED) is 0.263. The molecule has 0 aliphatic carbocycles. The molecule has 4 heterocycles. The lowest BCUT2D eigenvalue weighted by molar-refractivity contribution is 1.66. The molecule has 0 aliphatic rings. The van der Waals surface area contributed by atoms with Gasteiger partial charge in [-0.3, -0.25) is 0 Å². The average molecular weight is 393 g/mol. The molecular formula is C21H12S4. The molecule has 0 saturated carbocycles. The summed E-state index contributed by atoms with van der Waals surface area (Å²) in [6.07, 6.45) is 0. The van der Waals surface area contributed by atoms with Crippen LogP contribution in [-0.4, -0.2) is 0 Å². The van der Waals surface area contributed by atoms with Crippen LogP contribution in [-0.2, 0) is 0 Å². The lowest BCUT2D eigenvalue weighted by Crippen LogP contribution is -1.70. The van der Waals surface area contributed by atoms with E-state index in [4.69, 9.17) is 0 Å². The molecule has 0 saturated heterocycles. The highest BCUT2D eigenvalue weighted by molar-refractivity contribution is 7.36. The summed E-state index contributed by atoms with van der Waals surface area (Å²) in [5, 5.41) is 2.80. The van der Waals surface area contributed by atoms with Crippen LogP contribution in [0, 0.1) is 6.92 Å². The van der Waals surface area contributed by atoms with Crippen molar-refractivity contribution in [2.24, 2.45) is 0 Å². The predicted molar refractivity (Wildman–Crippen MR) is 118 cm³/mol. The Morgan fingerprint density at radius 3 is 2.24 bits per heavy atom. The maximum atomic E-state index is 2.38. The van der Waals surface area contributed by atoms with Gasteiger partial charge in [0, 0.05) is 39.3 Å². The molecule has 0 fully saturated rings. The van der Waals surface area contributed by atoms with Gasteiger partial charge in [0.25, 0.3) is 0 Å². The van der Waals surface area contributed by atoms with Crippen LogP contribution < -0.4 is 0 Å². The van der Waals surface area contributed by atoms with Gasteiger partial charge < -0.3 is 0 Å². The third-order valence-corrected chi connectivity index (χ3v) is 9.38. The van der Waals surface area contributed by atoms with Crippen LogP contribution in [0.25, 0.3) is 49.4 Å². The zero-order valence-electron chi connectivity index (χ0n) is 13.3. The van der Waals surface area contributed by atoms with Crippen molar-refractivity contribution >= 4 is 84.3 Å². The first-order chi connectivity index (χ1) is 12.3. The van der Waals surface area contributed by atoms with E-state index in [0.717, 1.165) is 0 Å². The fourth-order valence-corrected chi connectivity index (χ4v) is 8.46. The minimum Gasteiger partial charge on any atom is -0.140 e. The number of fused-ring (bicyclic) bond motifs is 6. The van der Waals surface area contributed by atoms with Crippen LogP contribution in [0.15, 0.2) is 54.6 Å². The fourth-order valence-electron chi connectivity index (χ4n) is 3.46. The Hall–Kier alpha value is -1.72. The van der Waals surface area contributed by atoms with Crippen molar-refractivity contribution < 1.29 is 0 Å². The number of hydrogen-bond donors (Lipinski definition) is 0. The minimum absolute atomic E-state index is 1.34. The molecule has 6 rings (SSSR count). The first kappa shape index (κ1) is 14.4. The lowest BCUT2D eigenvalue weighted by Gasteiger charge is -1.97. The Kier molecular flexibility index (Phi) is 2.97. The largest absolute Gasteiger partial charge is 0.140 e. The van der Waals surface area contributed by atoms with E-state index in [1.807, 2.05) is 45.3 Å². The van der Waals surface area contributed by atoms with E-state index in [-0.39, 0.29) is 0 Å². The van der Waals surface area contributed by atoms with Crippen molar-refractivity contribution in [3.8, 4) is 10.4 Å². The van der Waals surface area contributed by atoms with E-state index in [2.05, 4.69) is 61.5 Å². The second kappa shape index (κ2) is 5.15. The molecule has 120 valence electrons. The lowest BCUT2D eigenvalue weighted by atomic mass is 10.1.